The fourth-order valence-corrected chi connectivity index (χ4v) is 2.02. The lowest BCUT2D eigenvalue weighted by Crippen LogP contribution is -2.34. The highest BCUT2D eigenvalue weighted by molar-refractivity contribution is 5.59. The van der Waals surface area contributed by atoms with E-state index in [4.69, 9.17) is 0 Å². The minimum absolute atomic E-state index is 0.268. The van der Waals surface area contributed by atoms with Crippen molar-refractivity contribution in [1.29, 1.82) is 0 Å². The molecular formula is C15H15N3O. The van der Waals surface area contributed by atoms with Gasteiger partial charge in [0.15, 0.2) is 0 Å². The Bertz CT molecular complexity index is 578. The number of benzene rings is 2. The van der Waals surface area contributed by atoms with E-state index < -0.39 is 0 Å². The first-order chi connectivity index (χ1) is 9.33. The number of phenols is 1. The molecule has 0 spiro atoms. The van der Waals surface area contributed by atoms with Crippen molar-refractivity contribution in [2.75, 3.05) is 16.9 Å². The Morgan fingerprint density at radius 2 is 1.74 bits per heavy atom. The Morgan fingerprint density at radius 3 is 2.47 bits per heavy atom. The van der Waals surface area contributed by atoms with Crippen LogP contribution in [0.5, 0.6) is 5.75 Å². The number of hydrogen-bond acceptors (Lipinski definition) is 4. The third-order valence-corrected chi connectivity index (χ3v) is 2.94. The van der Waals surface area contributed by atoms with Crippen molar-refractivity contribution in [1.82, 2.24) is 5.43 Å². The van der Waals surface area contributed by atoms with Crippen LogP contribution in [0.4, 0.5) is 11.4 Å². The Labute approximate surface area is 112 Å². The summed E-state index contributed by atoms with van der Waals surface area (Å²) in [6.07, 6.45) is 2.08. The lowest BCUT2D eigenvalue weighted by atomic mass is 10.3. The third-order valence-electron chi connectivity index (χ3n) is 2.94. The van der Waals surface area contributed by atoms with Crippen LogP contribution in [0, 0.1) is 0 Å². The van der Waals surface area contributed by atoms with Crippen LogP contribution in [0.2, 0.25) is 0 Å². The number of para-hydroxylation sites is 1. The number of phenolic OH excluding ortho intramolecular Hbond substituents is 1. The van der Waals surface area contributed by atoms with Gasteiger partial charge in [0.1, 0.15) is 11.6 Å². The Morgan fingerprint density at radius 1 is 1.00 bits per heavy atom. The van der Waals surface area contributed by atoms with Gasteiger partial charge in [-0.25, -0.2) is 5.43 Å². The molecule has 3 N–H and O–H groups in total. The van der Waals surface area contributed by atoms with Gasteiger partial charge < -0.3 is 10.4 Å². The molecule has 4 nitrogen and oxygen atoms in total. The van der Waals surface area contributed by atoms with Crippen molar-refractivity contribution in [3.8, 4) is 5.75 Å². The normalized spacial score (nSPS) is 14.3. The first-order valence-electron chi connectivity index (χ1n) is 6.18. The maximum atomic E-state index is 9.28. The summed E-state index contributed by atoms with van der Waals surface area (Å²) in [5, 5.41) is 14.6. The standard InChI is InChI=1S/C15H15N3O/c19-14-8-6-12(7-9-14)17-15-10-11-16-18(15)13-4-2-1-3-5-13/h1-10,16-17,19H,11H2. The fraction of sp³-hybridized carbons (Fsp3) is 0.0667. The monoisotopic (exact) mass is 253 g/mol. The summed E-state index contributed by atoms with van der Waals surface area (Å²) in [5.74, 6) is 1.25. The van der Waals surface area contributed by atoms with Gasteiger partial charge in [-0.1, -0.05) is 18.2 Å². The van der Waals surface area contributed by atoms with E-state index in [1.165, 1.54) is 0 Å². The minimum Gasteiger partial charge on any atom is -0.508 e. The highest BCUT2D eigenvalue weighted by atomic mass is 16.3. The summed E-state index contributed by atoms with van der Waals surface area (Å²) in [6.45, 7) is 0.787. The van der Waals surface area contributed by atoms with E-state index in [1.807, 2.05) is 47.5 Å². The van der Waals surface area contributed by atoms with Crippen molar-refractivity contribution in [2.45, 2.75) is 0 Å². The topological polar surface area (TPSA) is 47.5 Å². The molecule has 3 rings (SSSR count). The van der Waals surface area contributed by atoms with Gasteiger partial charge in [-0.15, -0.1) is 0 Å². The summed E-state index contributed by atoms with van der Waals surface area (Å²) < 4.78 is 0. The smallest absolute Gasteiger partial charge is 0.122 e. The summed E-state index contributed by atoms with van der Waals surface area (Å²) in [5.41, 5.74) is 5.30. The van der Waals surface area contributed by atoms with Crippen LogP contribution in [0.3, 0.4) is 0 Å². The molecule has 2 aromatic rings. The highest BCUT2D eigenvalue weighted by Crippen LogP contribution is 2.22. The maximum absolute atomic E-state index is 9.28. The van der Waals surface area contributed by atoms with Crippen LogP contribution in [-0.4, -0.2) is 11.7 Å². The third kappa shape index (κ3) is 2.53. The van der Waals surface area contributed by atoms with Crippen LogP contribution >= 0.6 is 0 Å². The fourth-order valence-electron chi connectivity index (χ4n) is 2.02. The molecule has 1 aliphatic heterocycles. The maximum Gasteiger partial charge on any atom is 0.122 e. The molecule has 0 aromatic heterocycles. The molecule has 0 unspecified atom stereocenters. The van der Waals surface area contributed by atoms with E-state index in [1.54, 1.807) is 12.1 Å². The van der Waals surface area contributed by atoms with Crippen LogP contribution < -0.4 is 15.8 Å². The molecule has 0 amide bonds. The zero-order valence-electron chi connectivity index (χ0n) is 10.4. The second-order valence-electron chi connectivity index (χ2n) is 4.29. The Kier molecular flexibility index (Phi) is 3.08. The number of aromatic hydroxyl groups is 1. The van der Waals surface area contributed by atoms with E-state index in [0.29, 0.717) is 0 Å². The predicted molar refractivity (Wildman–Crippen MR) is 76.7 cm³/mol. The van der Waals surface area contributed by atoms with E-state index >= 15 is 0 Å². The molecule has 0 aliphatic carbocycles. The summed E-state index contributed by atoms with van der Waals surface area (Å²) in [7, 11) is 0. The first-order valence-corrected chi connectivity index (χ1v) is 6.18. The molecule has 4 heteroatoms. The lowest BCUT2D eigenvalue weighted by Gasteiger charge is -2.23. The van der Waals surface area contributed by atoms with Gasteiger partial charge in [0.2, 0.25) is 0 Å². The summed E-state index contributed by atoms with van der Waals surface area (Å²) in [4.78, 5) is 0. The van der Waals surface area contributed by atoms with Crippen molar-refractivity contribution in [2.24, 2.45) is 0 Å². The van der Waals surface area contributed by atoms with Crippen molar-refractivity contribution >= 4 is 11.4 Å². The van der Waals surface area contributed by atoms with Crippen molar-refractivity contribution in [3.63, 3.8) is 0 Å². The second kappa shape index (κ2) is 5.04. The number of hydrogen-bond donors (Lipinski definition) is 3. The molecule has 0 saturated carbocycles. The van der Waals surface area contributed by atoms with Crippen molar-refractivity contribution in [3.05, 3.63) is 66.5 Å². The zero-order chi connectivity index (χ0) is 13.1. The van der Waals surface area contributed by atoms with Gasteiger partial charge >= 0.3 is 0 Å². The predicted octanol–water partition coefficient (Wildman–Crippen LogP) is 2.67. The summed E-state index contributed by atoms with van der Waals surface area (Å²) in [6, 6.07) is 17.1. The average molecular weight is 253 g/mol. The van der Waals surface area contributed by atoms with Gasteiger partial charge in [0, 0.05) is 12.2 Å². The molecule has 19 heavy (non-hydrogen) atoms. The second-order valence-corrected chi connectivity index (χ2v) is 4.29. The average Bonchev–Trinajstić information content (AvgIpc) is 2.90. The molecule has 0 saturated heterocycles. The molecule has 0 radical (unpaired) electrons. The van der Waals surface area contributed by atoms with E-state index in [9.17, 15) is 5.11 Å². The van der Waals surface area contributed by atoms with E-state index in [2.05, 4.69) is 16.8 Å². The number of hydrazine groups is 1. The number of rotatable bonds is 3. The van der Waals surface area contributed by atoms with Crippen LogP contribution in [-0.2, 0) is 0 Å². The van der Waals surface area contributed by atoms with Gasteiger partial charge in [0.25, 0.3) is 0 Å². The lowest BCUT2D eigenvalue weighted by molar-refractivity contribution is 0.475. The highest BCUT2D eigenvalue weighted by Gasteiger charge is 2.16. The SMILES string of the molecule is Oc1ccc(NC2=CCNN2c2ccccc2)cc1. The van der Waals surface area contributed by atoms with Gasteiger partial charge in [0.05, 0.1) is 5.69 Å². The Balaban J connectivity index is 1.79. The minimum atomic E-state index is 0.268. The number of anilines is 2. The van der Waals surface area contributed by atoms with Crippen LogP contribution in [0.15, 0.2) is 66.5 Å². The molecule has 0 bridgehead atoms. The quantitative estimate of drug-likeness (QED) is 0.736. The van der Waals surface area contributed by atoms with Crippen LogP contribution in [0.25, 0.3) is 0 Å². The molecule has 0 atom stereocenters. The molecule has 96 valence electrons. The molecule has 1 aliphatic rings. The number of nitrogens with one attached hydrogen (secondary N) is 2. The van der Waals surface area contributed by atoms with Gasteiger partial charge in [-0.2, -0.15) is 0 Å². The van der Waals surface area contributed by atoms with E-state index in [-0.39, 0.29) is 5.75 Å². The zero-order valence-corrected chi connectivity index (χ0v) is 10.4. The number of nitrogens with zero attached hydrogens (tertiary/aromatic N) is 1. The van der Waals surface area contributed by atoms with Crippen LogP contribution in [0.1, 0.15) is 0 Å². The molecule has 1 heterocycles. The van der Waals surface area contributed by atoms with Gasteiger partial charge in [-0.05, 0) is 42.5 Å². The van der Waals surface area contributed by atoms with E-state index in [0.717, 1.165) is 23.7 Å². The molecular weight excluding hydrogens is 238 g/mol. The molecule has 2 aromatic carbocycles. The summed E-state index contributed by atoms with van der Waals surface area (Å²) >= 11 is 0. The largest absolute Gasteiger partial charge is 0.508 e. The van der Waals surface area contributed by atoms with Gasteiger partial charge in [-0.3, -0.25) is 5.01 Å². The first kappa shape index (κ1) is 11.6. The molecule has 0 fully saturated rings. The van der Waals surface area contributed by atoms with Crippen molar-refractivity contribution < 1.29 is 5.11 Å². The Hall–Kier alpha value is -2.46.